The Bertz CT molecular complexity index is 242. The van der Waals surface area contributed by atoms with Crippen molar-refractivity contribution in [1.82, 2.24) is 0 Å². The van der Waals surface area contributed by atoms with Gasteiger partial charge in [0.05, 0.1) is 0 Å². The van der Waals surface area contributed by atoms with E-state index >= 15 is 0 Å². The van der Waals surface area contributed by atoms with Crippen molar-refractivity contribution >= 4 is 13.1 Å². The van der Waals surface area contributed by atoms with Crippen LogP contribution in [0.25, 0.3) is 0 Å². The third-order valence-corrected chi connectivity index (χ3v) is 1.24. The number of phenols is 1. The fourth-order valence-corrected chi connectivity index (χ4v) is 0.676. The van der Waals surface area contributed by atoms with Crippen molar-refractivity contribution in [3.8, 4) is 5.75 Å². The summed E-state index contributed by atoms with van der Waals surface area (Å²) < 4.78 is 0. The van der Waals surface area contributed by atoms with Crippen molar-refractivity contribution in [3.05, 3.63) is 29.8 Å². The van der Waals surface area contributed by atoms with E-state index in [2.05, 4.69) is 7.49 Å². The molecular formula is C7H8BNO. The van der Waals surface area contributed by atoms with Crippen molar-refractivity contribution < 1.29 is 5.11 Å². The Hall–Kier alpha value is -1.25. The molecule has 0 spiro atoms. The molecule has 0 aliphatic heterocycles. The summed E-state index contributed by atoms with van der Waals surface area (Å²) in [4.78, 5) is 0. The minimum atomic E-state index is 0.241. The van der Waals surface area contributed by atoms with Crippen LogP contribution in [0.2, 0.25) is 0 Å². The average molecular weight is 133 g/mol. The van der Waals surface area contributed by atoms with E-state index in [1.807, 2.05) is 0 Å². The number of phenolic OH excluding ortho intramolecular Hbond substituents is 1. The molecule has 0 aromatic heterocycles. The first-order valence-corrected chi connectivity index (χ1v) is 2.94. The van der Waals surface area contributed by atoms with Gasteiger partial charge >= 0.3 is 59.5 Å². The van der Waals surface area contributed by atoms with E-state index in [1.165, 1.54) is 0 Å². The molecule has 1 rings (SSSR count). The predicted octanol–water partition coefficient (Wildman–Crippen LogP) is -0.270. The van der Waals surface area contributed by atoms with Gasteiger partial charge in [0.25, 0.3) is 0 Å². The summed E-state index contributed by atoms with van der Waals surface area (Å²) in [5, 5.41) is 8.87. The van der Waals surface area contributed by atoms with E-state index in [4.69, 9.17) is 10.8 Å². The number of benzene rings is 1. The third-order valence-electron chi connectivity index (χ3n) is 1.24. The molecule has 0 radical (unpaired) electrons. The van der Waals surface area contributed by atoms with Gasteiger partial charge in [0.1, 0.15) is 0 Å². The third kappa shape index (κ3) is 1.38. The van der Waals surface area contributed by atoms with Gasteiger partial charge in [0.15, 0.2) is 0 Å². The van der Waals surface area contributed by atoms with Crippen LogP contribution in [0.4, 0.5) is 0 Å². The Morgan fingerprint density at radius 1 is 1.30 bits per heavy atom. The first-order valence-electron chi connectivity index (χ1n) is 2.94. The molecule has 0 saturated carbocycles. The van der Waals surface area contributed by atoms with Crippen LogP contribution in [-0.4, -0.2) is 18.2 Å². The van der Waals surface area contributed by atoms with Gasteiger partial charge in [-0.15, -0.1) is 0 Å². The first-order chi connectivity index (χ1) is 4.70. The molecule has 0 bridgehead atoms. The van der Waals surface area contributed by atoms with Gasteiger partial charge in [-0.2, -0.15) is 0 Å². The summed E-state index contributed by atoms with van der Waals surface area (Å²) in [7, 11) is 3.55. The Kier molecular flexibility index (Phi) is 1.76. The molecule has 10 heavy (non-hydrogen) atoms. The summed E-state index contributed by atoms with van der Waals surface area (Å²) in [6.45, 7) is 0. The molecule has 3 heteroatoms. The predicted molar refractivity (Wildman–Crippen MR) is 43.6 cm³/mol. The van der Waals surface area contributed by atoms with E-state index in [1.54, 1.807) is 24.3 Å². The maximum absolute atomic E-state index is 8.87. The fourth-order valence-electron chi connectivity index (χ4n) is 0.676. The topological polar surface area (TPSA) is 46.2 Å². The maximum atomic E-state index is 8.87. The van der Waals surface area contributed by atoms with Crippen LogP contribution in [-0.2, 0) is 0 Å². The Morgan fingerprint density at radius 3 is 2.20 bits per heavy atom. The molecule has 0 heterocycles. The monoisotopic (exact) mass is 133 g/mol. The zero-order chi connectivity index (χ0) is 7.56. The van der Waals surface area contributed by atoms with Crippen molar-refractivity contribution in [3.63, 3.8) is 0 Å². The van der Waals surface area contributed by atoms with E-state index in [-0.39, 0.29) is 5.75 Å². The van der Waals surface area contributed by atoms with Crippen LogP contribution >= 0.6 is 0 Å². The minimum absolute atomic E-state index is 0.241. The molecule has 0 saturated heterocycles. The number of aromatic hydroxyl groups is 1. The second kappa shape index (κ2) is 2.56. The molecular weight excluding hydrogens is 125 g/mol. The fraction of sp³-hybridized carbons (Fsp3) is 0. The molecule has 0 aliphatic carbocycles. The van der Waals surface area contributed by atoms with E-state index in [0.717, 1.165) is 5.56 Å². The SMILES string of the molecule is B=C(N)c1ccc(O)cc1. The zero-order valence-corrected chi connectivity index (χ0v) is 5.54. The Balaban J connectivity index is 3.00. The second-order valence-electron chi connectivity index (χ2n) is 2.07. The van der Waals surface area contributed by atoms with Gasteiger partial charge in [-0.3, -0.25) is 0 Å². The number of rotatable bonds is 1. The van der Waals surface area contributed by atoms with E-state index in [0.29, 0.717) is 5.59 Å². The van der Waals surface area contributed by atoms with Crippen LogP contribution in [0.3, 0.4) is 0 Å². The summed E-state index contributed by atoms with van der Waals surface area (Å²) in [5.41, 5.74) is 6.75. The van der Waals surface area contributed by atoms with Crippen LogP contribution in [0, 0.1) is 0 Å². The van der Waals surface area contributed by atoms with E-state index in [9.17, 15) is 0 Å². The normalized spacial score (nSPS) is 9.10. The van der Waals surface area contributed by atoms with Gasteiger partial charge in [0.2, 0.25) is 0 Å². The molecule has 0 unspecified atom stereocenters. The van der Waals surface area contributed by atoms with Crippen molar-refractivity contribution in [2.24, 2.45) is 5.73 Å². The molecule has 2 nitrogen and oxygen atoms in total. The van der Waals surface area contributed by atoms with Crippen molar-refractivity contribution in [2.75, 3.05) is 0 Å². The first kappa shape index (κ1) is 6.87. The summed E-state index contributed by atoms with van der Waals surface area (Å²) in [6.07, 6.45) is 0. The number of hydrogen-bond acceptors (Lipinski definition) is 2. The van der Waals surface area contributed by atoms with Crippen LogP contribution in [0.15, 0.2) is 24.3 Å². The Morgan fingerprint density at radius 2 is 1.80 bits per heavy atom. The van der Waals surface area contributed by atoms with Gasteiger partial charge in [-0.25, -0.2) is 0 Å². The quantitative estimate of drug-likeness (QED) is 0.518. The van der Waals surface area contributed by atoms with Gasteiger partial charge in [0, 0.05) is 0 Å². The molecule has 0 aliphatic rings. The van der Waals surface area contributed by atoms with E-state index < -0.39 is 0 Å². The van der Waals surface area contributed by atoms with Crippen LogP contribution < -0.4 is 5.73 Å². The Labute approximate surface area is 60.4 Å². The molecule has 1 aromatic carbocycles. The zero-order valence-electron chi connectivity index (χ0n) is 5.54. The molecule has 3 N–H and O–H groups in total. The number of hydrogen-bond donors (Lipinski definition) is 2. The molecule has 50 valence electrons. The average Bonchev–Trinajstić information content (AvgIpc) is 1.88. The molecule has 0 amide bonds. The van der Waals surface area contributed by atoms with Crippen LogP contribution in [0.1, 0.15) is 5.56 Å². The van der Waals surface area contributed by atoms with Gasteiger partial charge in [-0.1, -0.05) is 0 Å². The number of nitrogens with two attached hydrogens (primary N) is 1. The molecule has 0 atom stereocenters. The molecule has 1 aromatic rings. The van der Waals surface area contributed by atoms with Crippen molar-refractivity contribution in [2.45, 2.75) is 0 Å². The second-order valence-corrected chi connectivity index (χ2v) is 2.07. The van der Waals surface area contributed by atoms with Crippen LogP contribution in [0.5, 0.6) is 5.75 Å². The summed E-state index contributed by atoms with van der Waals surface area (Å²) in [5.74, 6) is 0.241. The van der Waals surface area contributed by atoms with Crippen molar-refractivity contribution in [1.29, 1.82) is 0 Å². The van der Waals surface area contributed by atoms with Gasteiger partial charge < -0.3 is 0 Å². The summed E-state index contributed by atoms with van der Waals surface area (Å²) in [6, 6.07) is 6.59. The molecule has 0 fully saturated rings. The summed E-state index contributed by atoms with van der Waals surface area (Å²) >= 11 is 0. The standard InChI is InChI=1S/C7H8BNO/c8-7(9)5-1-3-6(10)4-2-5/h1-4,8,10H,9H2. The van der Waals surface area contributed by atoms with Gasteiger partial charge in [-0.05, 0) is 0 Å².